The van der Waals surface area contributed by atoms with Gasteiger partial charge in [0.2, 0.25) is 0 Å². The number of nitrogens with zero attached hydrogens (tertiary/aromatic N) is 1. The van der Waals surface area contributed by atoms with Crippen LogP contribution in [-0.4, -0.2) is 41.4 Å². The highest BCUT2D eigenvalue weighted by Crippen LogP contribution is 2.55. The molecule has 0 bridgehead atoms. The van der Waals surface area contributed by atoms with E-state index in [9.17, 15) is 19.1 Å². The minimum absolute atomic E-state index is 0.00649. The molecule has 1 heterocycles. The first-order chi connectivity index (χ1) is 13.9. The van der Waals surface area contributed by atoms with Gasteiger partial charge < -0.3 is 10.0 Å². The summed E-state index contributed by atoms with van der Waals surface area (Å²) in [4.78, 5) is 26.9. The van der Waals surface area contributed by atoms with Crippen molar-refractivity contribution in [2.24, 2.45) is 5.92 Å². The molecule has 4 nitrogen and oxygen atoms in total. The van der Waals surface area contributed by atoms with Gasteiger partial charge in [0.15, 0.2) is 0 Å². The zero-order valence-corrected chi connectivity index (χ0v) is 16.6. The Hall–Kier alpha value is -2.53. The van der Waals surface area contributed by atoms with Crippen molar-refractivity contribution >= 4 is 11.8 Å². The van der Waals surface area contributed by atoms with Crippen LogP contribution in [0.25, 0.3) is 0 Å². The normalized spacial score (nSPS) is 26.1. The first kappa shape index (κ1) is 19.8. The van der Waals surface area contributed by atoms with Crippen molar-refractivity contribution in [2.75, 3.05) is 19.6 Å². The molecule has 4 rings (SSSR count). The van der Waals surface area contributed by atoms with Crippen LogP contribution in [0.1, 0.15) is 37.3 Å². The standard InChI is InChI=1S/C24H26FNO3/c1-17(27)23(18-5-3-2-4-6-18)11-13-26(14-12-23)16-20-15-24(20,22(28)29)19-7-9-21(25)10-8-19/h2-10,20H,11-16H2,1H3,(H,28,29)/t20-,24+/m0/s1. The summed E-state index contributed by atoms with van der Waals surface area (Å²) in [7, 11) is 0. The van der Waals surface area contributed by atoms with Gasteiger partial charge in [0.25, 0.3) is 0 Å². The second-order valence-corrected chi connectivity index (χ2v) is 8.49. The van der Waals surface area contributed by atoms with Gasteiger partial charge in [-0.2, -0.15) is 0 Å². The van der Waals surface area contributed by atoms with Crippen LogP contribution >= 0.6 is 0 Å². The highest BCUT2D eigenvalue weighted by atomic mass is 19.1. The van der Waals surface area contributed by atoms with E-state index in [-0.39, 0.29) is 17.5 Å². The SMILES string of the molecule is CC(=O)C1(c2ccccc2)CCN(C[C@@H]2C[C@@]2(C(=O)O)c2ccc(F)cc2)CC1. The smallest absolute Gasteiger partial charge is 0.314 e. The average molecular weight is 395 g/mol. The van der Waals surface area contributed by atoms with Gasteiger partial charge in [-0.25, -0.2) is 4.39 Å². The number of piperidine rings is 1. The molecule has 2 aromatic rings. The minimum Gasteiger partial charge on any atom is -0.481 e. The second-order valence-electron chi connectivity index (χ2n) is 8.49. The summed E-state index contributed by atoms with van der Waals surface area (Å²) in [5.41, 5.74) is 0.394. The number of benzene rings is 2. The number of hydrogen-bond acceptors (Lipinski definition) is 3. The van der Waals surface area contributed by atoms with Crippen LogP contribution in [0.15, 0.2) is 54.6 Å². The fourth-order valence-corrected chi connectivity index (χ4v) is 5.07. The van der Waals surface area contributed by atoms with Crippen molar-refractivity contribution in [1.29, 1.82) is 0 Å². The van der Waals surface area contributed by atoms with Gasteiger partial charge in [0, 0.05) is 6.54 Å². The van der Waals surface area contributed by atoms with E-state index in [4.69, 9.17) is 0 Å². The number of ketones is 1. The molecule has 152 valence electrons. The second kappa shape index (κ2) is 7.38. The van der Waals surface area contributed by atoms with Gasteiger partial charge in [-0.1, -0.05) is 42.5 Å². The van der Waals surface area contributed by atoms with E-state index < -0.39 is 16.8 Å². The van der Waals surface area contributed by atoms with Crippen molar-refractivity contribution < 1.29 is 19.1 Å². The number of halogens is 1. The Morgan fingerprint density at radius 3 is 2.21 bits per heavy atom. The molecule has 1 aliphatic heterocycles. The fourth-order valence-electron chi connectivity index (χ4n) is 5.07. The minimum atomic E-state index is -0.914. The molecule has 0 radical (unpaired) electrons. The van der Waals surface area contributed by atoms with E-state index in [1.807, 2.05) is 30.3 Å². The van der Waals surface area contributed by atoms with Gasteiger partial charge in [-0.15, -0.1) is 0 Å². The predicted molar refractivity (Wildman–Crippen MR) is 108 cm³/mol. The number of carboxylic acids is 1. The van der Waals surface area contributed by atoms with Crippen LogP contribution in [0.2, 0.25) is 0 Å². The van der Waals surface area contributed by atoms with E-state index in [0.29, 0.717) is 18.5 Å². The molecule has 2 atom stereocenters. The molecular weight excluding hydrogens is 369 g/mol. The molecule has 0 spiro atoms. The van der Waals surface area contributed by atoms with Crippen LogP contribution < -0.4 is 0 Å². The summed E-state index contributed by atoms with van der Waals surface area (Å²) in [5.74, 6) is -0.995. The summed E-state index contributed by atoms with van der Waals surface area (Å²) in [6.45, 7) is 3.90. The lowest BCUT2D eigenvalue weighted by atomic mass is 9.70. The van der Waals surface area contributed by atoms with Crippen molar-refractivity contribution in [2.45, 2.75) is 37.0 Å². The summed E-state index contributed by atoms with van der Waals surface area (Å²) in [6, 6.07) is 15.8. The van der Waals surface area contributed by atoms with E-state index in [2.05, 4.69) is 4.90 Å². The Morgan fingerprint density at radius 1 is 1.03 bits per heavy atom. The maximum Gasteiger partial charge on any atom is 0.314 e. The highest BCUT2D eigenvalue weighted by molar-refractivity contribution is 5.88. The molecule has 2 aliphatic rings. The zero-order chi connectivity index (χ0) is 20.6. The number of carbonyl (C=O) groups is 2. The third-order valence-electron chi connectivity index (χ3n) is 7.03. The maximum atomic E-state index is 13.3. The quantitative estimate of drug-likeness (QED) is 0.809. The molecule has 29 heavy (non-hydrogen) atoms. The summed E-state index contributed by atoms with van der Waals surface area (Å²) in [5, 5.41) is 9.87. The Balaban J connectivity index is 1.45. The van der Waals surface area contributed by atoms with Gasteiger partial charge in [0.1, 0.15) is 11.6 Å². The first-order valence-electron chi connectivity index (χ1n) is 10.2. The Kier molecular flexibility index (Phi) is 5.03. The number of likely N-dealkylation sites (tertiary alicyclic amines) is 1. The topological polar surface area (TPSA) is 57.6 Å². The number of Topliss-reactive ketones (excluding diaryl/α,β-unsaturated/α-hetero) is 1. The van der Waals surface area contributed by atoms with Gasteiger partial charge in [-0.3, -0.25) is 9.59 Å². The number of carboxylic acid groups (broad SMARTS) is 1. The fraction of sp³-hybridized carbons (Fsp3) is 0.417. The molecule has 0 amide bonds. The molecular formula is C24H26FNO3. The zero-order valence-electron chi connectivity index (χ0n) is 16.6. The van der Waals surface area contributed by atoms with Crippen molar-refractivity contribution in [3.8, 4) is 0 Å². The van der Waals surface area contributed by atoms with Crippen LogP contribution in [0.5, 0.6) is 0 Å². The Morgan fingerprint density at radius 2 is 1.66 bits per heavy atom. The number of hydrogen-bond donors (Lipinski definition) is 1. The van der Waals surface area contributed by atoms with Crippen LogP contribution in [0.3, 0.4) is 0 Å². The van der Waals surface area contributed by atoms with Gasteiger partial charge in [0.05, 0.1) is 10.8 Å². The number of aliphatic carboxylic acids is 1. The van der Waals surface area contributed by atoms with Crippen LogP contribution in [0, 0.1) is 11.7 Å². The summed E-state index contributed by atoms with van der Waals surface area (Å²) < 4.78 is 13.3. The van der Waals surface area contributed by atoms with E-state index in [0.717, 1.165) is 31.5 Å². The maximum absolute atomic E-state index is 13.3. The van der Waals surface area contributed by atoms with Crippen LogP contribution in [0.4, 0.5) is 4.39 Å². The Labute approximate surface area is 170 Å². The molecule has 5 heteroatoms. The lowest BCUT2D eigenvalue weighted by Gasteiger charge is -2.41. The largest absolute Gasteiger partial charge is 0.481 e. The lowest BCUT2D eigenvalue weighted by molar-refractivity contribution is -0.140. The molecule has 1 saturated heterocycles. The molecule has 1 saturated carbocycles. The number of rotatable bonds is 6. The molecule has 2 aromatic carbocycles. The lowest BCUT2D eigenvalue weighted by Crippen LogP contribution is -2.47. The molecule has 1 N–H and O–H groups in total. The molecule has 2 fully saturated rings. The van der Waals surface area contributed by atoms with Gasteiger partial charge in [-0.05, 0) is 68.5 Å². The summed E-state index contributed by atoms with van der Waals surface area (Å²) in [6.07, 6.45) is 2.06. The first-order valence-corrected chi connectivity index (χ1v) is 10.2. The van der Waals surface area contributed by atoms with Crippen molar-refractivity contribution in [3.63, 3.8) is 0 Å². The van der Waals surface area contributed by atoms with Crippen molar-refractivity contribution in [3.05, 3.63) is 71.5 Å². The van der Waals surface area contributed by atoms with Gasteiger partial charge >= 0.3 is 5.97 Å². The molecule has 0 unspecified atom stereocenters. The van der Waals surface area contributed by atoms with E-state index in [1.165, 1.54) is 12.1 Å². The number of carbonyl (C=O) groups excluding carboxylic acids is 1. The average Bonchev–Trinajstić information content (AvgIpc) is 3.45. The molecule has 0 aromatic heterocycles. The van der Waals surface area contributed by atoms with E-state index >= 15 is 0 Å². The summed E-state index contributed by atoms with van der Waals surface area (Å²) >= 11 is 0. The third kappa shape index (κ3) is 3.38. The predicted octanol–water partition coefficient (Wildman–Crippen LogP) is 3.79. The Bertz CT molecular complexity index is 903. The highest BCUT2D eigenvalue weighted by Gasteiger charge is 2.61. The van der Waals surface area contributed by atoms with E-state index in [1.54, 1.807) is 19.1 Å². The third-order valence-corrected chi connectivity index (χ3v) is 7.03. The van der Waals surface area contributed by atoms with Crippen molar-refractivity contribution in [1.82, 2.24) is 4.90 Å². The monoisotopic (exact) mass is 395 g/mol. The van der Waals surface area contributed by atoms with Crippen LogP contribution in [-0.2, 0) is 20.4 Å². The molecule has 1 aliphatic carbocycles.